The molecule has 2 atom stereocenters. The van der Waals surface area contributed by atoms with E-state index in [1.807, 2.05) is 54.6 Å². The fraction of sp³-hybridized carbons (Fsp3) is 0.350. The van der Waals surface area contributed by atoms with Crippen molar-refractivity contribution >= 4 is 5.91 Å². The van der Waals surface area contributed by atoms with Gasteiger partial charge >= 0.3 is 0 Å². The van der Waals surface area contributed by atoms with E-state index in [0.717, 1.165) is 23.3 Å². The molecule has 0 spiro atoms. The summed E-state index contributed by atoms with van der Waals surface area (Å²) in [5, 5.41) is 11.1. The lowest BCUT2D eigenvalue weighted by atomic mass is 9.98. The van der Waals surface area contributed by atoms with Gasteiger partial charge in [-0.05, 0) is 43.0 Å². The quantitative estimate of drug-likeness (QED) is 0.846. The molecule has 1 aliphatic heterocycles. The lowest BCUT2D eigenvalue weighted by molar-refractivity contribution is -0.139. The van der Waals surface area contributed by atoms with Crippen LogP contribution in [0, 0.1) is 0 Å². The molecule has 5 heteroatoms. The number of carbonyl (C=O) groups excluding carboxylic acids is 1. The zero-order valence-electron chi connectivity index (χ0n) is 14.4. The van der Waals surface area contributed by atoms with Gasteiger partial charge in [-0.25, -0.2) is 0 Å². The van der Waals surface area contributed by atoms with Crippen molar-refractivity contribution in [3.05, 3.63) is 65.7 Å². The zero-order valence-corrected chi connectivity index (χ0v) is 14.4. The Labute approximate surface area is 148 Å². The number of hydrogen-bond acceptors (Lipinski definition) is 4. The molecule has 5 nitrogen and oxygen atoms in total. The predicted molar refractivity (Wildman–Crippen MR) is 95.7 cm³/mol. The van der Waals surface area contributed by atoms with Crippen molar-refractivity contribution in [1.29, 1.82) is 0 Å². The standard InChI is InChI=1S/C20H24N2O3/c1-15(19(21)23)22-13-5-12-20(22,24)17-8-10-18(11-9-17)25-14-16-6-3-2-4-7-16/h2-4,6-11,15,24H,5,12-14H2,1H3,(H2,21,23). The Morgan fingerprint density at radius 1 is 1.24 bits per heavy atom. The van der Waals surface area contributed by atoms with E-state index in [0.29, 0.717) is 19.6 Å². The lowest BCUT2D eigenvalue weighted by Crippen LogP contribution is -2.51. The van der Waals surface area contributed by atoms with Crippen LogP contribution in [0.2, 0.25) is 0 Å². The van der Waals surface area contributed by atoms with E-state index < -0.39 is 17.7 Å². The molecule has 0 aliphatic carbocycles. The summed E-state index contributed by atoms with van der Waals surface area (Å²) in [6, 6.07) is 16.8. The highest BCUT2D eigenvalue weighted by atomic mass is 16.5. The SMILES string of the molecule is CC(C(N)=O)N1CCCC1(O)c1ccc(OCc2ccccc2)cc1. The molecule has 1 heterocycles. The molecule has 3 N–H and O–H groups in total. The van der Waals surface area contributed by atoms with Crippen molar-refractivity contribution < 1.29 is 14.6 Å². The fourth-order valence-corrected chi connectivity index (χ4v) is 3.36. The first-order valence-electron chi connectivity index (χ1n) is 8.56. The molecule has 25 heavy (non-hydrogen) atoms. The maximum atomic E-state index is 11.5. The molecule has 0 aromatic heterocycles. The highest BCUT2D eigenvalue weighted by Gasteiger charge is 2.44. The number of amides is 1. The van der Waals surface area contributed by atoms with Crippen LogP contribution >= 0.6 is 0 Å². The number of hydrogen-bond donors (Lipinski definition) is 2. The topological polar surface area (TPSA) is 75.8 Å². The first-order chi connectivity index (χ1) is 12.0. The van der Waals surface area contributed by atoms with E-state index in [9.17, 15) is 9.90 Å². The van der Waals surface area contributed by atoms with Crippen LogP contribution in [0.1, 0.15) is 30.9 Å². The molecule has 2 aromatic carbocycles. The molecule has 1 aliphatic rings. The number of likely N-dealkylation sites (tertiary alicyclic amines) is 1. The van der Waals surface area contributed by atoms with Gasteiger partial charge in [0.05, 0.1) is 6.04 Å². The van der Waals surface area contributed by atoms with Gasteiger partial charge in [0.25, 0.3) is 0 Å². The Hall–Kier alpha value is -2.37. The number of nitrogens with two attached hydrogens (primary N) is 1. The van der Waals surface area contributed by atoms with Gasteiger partial charge in [-0.15, -0.1) is 0 Å². The minimum absolute atomic E-state index is 0.428. The number of primary amides is 1. The van der Waals surface area contributed by atoms with Gasteiger partial charge < -0.3 is 15.6 Å². The average Bonchev–Trinajstić information content (AvgIpc) is 3.03. The highest BCUT2D eigenvalue weighted by Crippen LogP contribution is 2.38. The predicted octanol–water partition coefficient (Wildman–Crippen LogP) is 2.38. The van der Waals surface area contributed by atoms with Crippen molar-refractivity contribution in [2.45, 2.75) is 38.1 Å². The number of benzene rings is 2. The van der Waals surface area contributed by atoms with Gasteiger partial charge in [-0.2, -0.15) is 0 Å². The second-order valence-electron chi connectivity index (χ2n) is 6.49. The summed E-state index contributed by atoms with van der Waals surface area (Å²) in [7, 11) is 0. The van der Waals surface area contributed by atoms with Crippen LogP contribution in [-0.2, 0) is 17.1 Å². The van der Waals surface area contributed by atoms with Crippen LogP contribution in [0.3, 0.4) is 0 Å². The zero-order chi connectivity index (χ0) is 17.9. The van der Waals surface area contributed by atoms with Crippen LogP contribution in [0.25, 0.3) is 0 Å². The molecule has 0 saturated carbocycles. The first-order valence-corrected chi connectivity index (χ1v) is 8.56. The highest BCUT2D eigenvalue weighted by molar-refractivity contribution is 5.79. The molecule has 0 bridgehead atoms. The van der Waals surface area contributed by atoms with Crippen LogP contribution in [0.15, 0.2) is 54.6 Å². The maximum absolute atomic E-state index is 11.5. The summed E-state index contributed by atoms with van der Waals surface area (Å²) in [6.45, 7) is 2.87. The molecule has 3 rings (SSSR count). The van der Waals surface area contributed by atoms with E-state index in [1.54, 1.807) is 11.8 Å². The maximum Gasteiger partial charge on any atom is 0.234 e. The lowest BCUT2D eigenvalue weighted by Gasteiger charge is -2.37. The number of ether oxygens (including phenoxy) is 1. The van der Waals surface area contributed by atoms with Crippen LogP contribution in [0.5, 0.6) is 5.75 Å². The Morgan fingerprint density at radius 3 is 2.56 bits per heavy atom. The third kappa shape index (κ3) is 3.67. The minimum atomic E-state index is -1.16. The number of carbonyl (C=O) groups is 1. The van der Waals surface area contributed by atoms with E-state index in [-0.39, 0.29) is 0 Å². The molecule has 1 fully saturated rings. The largest absolute Gasteiger partial charge is 0.489 e. The molecule has 2 aromatic rings. The third-order valence-corrected chi connectivity index (χ3v) is 4.84. The van der Waals surface area contributed by atoms with E-state index in [4.69, 9.17) is 10.5 Å². The van der Waals surface area contributed by atoms with Gasteiger partial charge in [0.1, 0.15) is 18.1 Å². The Morgan fingerprint density at radius 2 is 1.92 bits per heavy atom. The van der Waals surface area contributed by atoms with Crippen molar-refractivity contribution in [2.75, 3.05) is 6.54 Å². The van der Waals surface area contributed by atoms with E-state index >= 15 is 0 Å². The molecule has 1 amide bonds. The Bertz CT molecular complexity index is 717. The fourth-order valence-electron chi connectivity index (χ4n) is 3.36. The first kappa shape index (κ1) is 17.5. The number of nitrogens with zero attached hydrogens (tertiary/aromatic N) is 1. The summed E-state index contributed by atoms with van der Waals surface area (Å²) in [5.74, 6) is 0.312. The van der Waals surface area contributed by atoms with Crippen molar-refractivity contribution in [3.63, 3.8) is 0 Å². The summed E-state index contributed by atoms with van der Waals surface area (Å²) in [5.41, 5.74) is 6.12. The van der Waals surface area contributed by atoms with Gasteiger partial charge in [0.2, 0.25) is 5.91 Å². The normalized spacial score (nSPS) is 21.8. The average molecular weight is 340 g/mol. The smallest absolute Gasteiger partial charge is 0.234 e. The van der Waals surface area contributed by atoms with E-state index in [2.05, 4.69) is 0 Å². The second kappa shape index (κ2) is 7.25. The third-order valence-electron chi connectivity index (χ3n) is 4.84. The van der Waals surface area contributed by atoms with Crippen molar-refractivity contribution in [3.8, 4) is 5.75 Å². The van der Waals surface area contributed by atoms with Gasteiger partial charge in [0, 0.05) is 6.54 Å². The molecular weight excluding hydrogens is 316 g/mol. The monoisotopic (exact) mass is 340 g/mol. The molecule has 132 valence electrons. The van der Waals surface area contributed by atoms with E-state index in [1.165, 1.54) is 0 Å². The summed E-state index contributed by atoms with van der Waals surface area (Å²) in [6.07, 6.45) is 1.40. The molecular formula is C20H24N2O3. The molecule has 0 radical (unpaired) electrons. The summed E-state index contributed by atoms with van der Waals surface area (Å²) in [4.78, 5) is 13.3. The second-order valence-corrected chi connectivity index (χ2v) is 6.49. The molecule has 1 saturated heterocycles. The van der Waals surface area contributed by atoms with Crippen molar-refractivity contribution in [2.24, 2.45) is 5.73 Å². The summed E-state index contributed by atoms with van der Waals surface area (Å²) < 4.78 is 5.79. The Balaban J connectivity index is 1.71. The van der Waals surface area contributed by atoms with Crippen LogP contribution in [-0.4, -0.2) is 28.5 Å². The van der Waals surface area contributed by atoms with Crippen LogP contribution in [0.4, 0.5) is 0 Å². The molecule has 2 unspecified atom stereocenters. The summed E-state index contributed by atoms with van der Waals surface area (Å²) >= 11 is 0. The van der Waals surface area contributed by atoms with Gasteiger partial charge in [-0.3, -0.25) is 9.69 Å². The van der Waals surface area contributed by atoms with Gasteiger partial charge in [0.15, 0.2) is 0 Å². The van der Waals surface area contributed by atoms with Gasteiger partial charge in [-0.1, -0.05) is 42.5 Å². The van der Waals surface area contributed by atoms with Crippen molar-refractivity contribution in [1.82, 2.24) is 4.90 Å². The Kier molecular flexibility index (Phi) is 5.06. The van der Waals surface area contributed by atoms with Crippen LogP contribution < -0.4 is 10.5 Å². The minimum Gasteiger partial charge on any atom is -0.489 e. The number of aliphatic hydroxyl groups is 1. The number of rotatable bonds is 6.